The molecule has 3 nitrogen and oxygen atoms in total. The summed E-state index contributed by atoms with van der Waals surface area (Å²) >= 11 is 0. The van der Waals surface area contributed by atoms with Gasteiger partial charge in [0.05, 0.1) is 11.9 Å². The van der Waals surface area contributed by atoms with Crippen LogP contribution in [-0.4, -0.2) is 24.6 Å². The van der Waals surface area contributed by atoms with Crippen LogP contribution in [0.25, 0.3) is 0 Å². The van der Waals surface area contributed by atoms with Crippen LogP contribution in [0.4, 0.5) is 18.9 Å². The first-order valence-corrected chi connectivity index (χ1v) is 5.49. The highest BCUT2D eigenvalue weighted by molar-refractivity contribution is 5.45. The number of hydrogen-bond donors (Lipinski definition) is 1. The zero-order chi connectivity index (χ0) is 12.5. The van der Waals surface area contributed by atoms with Gasteiger partial charge in [-0.15, -0.1) is 0 Å². The molecule has 1 aromatic rings. The molecule has 1 atom stereocenters. The topological polar surface area (TPSA) is 42.1 Å². The number of alkyl halides is 3. The largest absolute Gasteiger partial charge is 0.433 e. The van der Waals surface area contributed by atoms with Crippen molar-refractivity contribution in [3.8, 4) is 0 Å². The van der Waals surface area contributed by atoms with E-state index in [1.165, 1.54) is 12.3 Å². The predicted octanol–water partition coefficient (Wildman–Crippen LogP) is 1.89. The molecule has 2 heterocycles. The van der Waals surface area contributed by atoms with Crippen LogP contribution in [0.2, 0.25) is 0 Å². The summed E-state index contributed by atoms with van der Waals surface area (Å²) in [5.41, 5.74) is 5.44. The molecule has 0 aliphatic carbocycles. The monoisotopic (exact) mass is 245 g/mol. The first-order chi connectivity index (χ1) is 8.00. The molecule has 2 rings (SSSR count). The van der Waals surface area contributed by atoms with E-state index in [-0.39, 0.29) is 0 Å². The van der Waals surface area contributed by atoms with Gasteiger partial charge in [0.25, 0.3) is 0 Å². The summed E-state index contributed by atoms with van der Waals surface area (Å²) in [6.45, 7) is 2.24. The average Bonchev–Trinajstić information content (AvgIpc) is 2.76. The van der Waals surface area contributed by atoms with E-state index in [1.807, 2.05) is 4.90 Å². The van der Waals surface area contributed by atoms with E-state index in [1.54, 1.807) is 0 Å². The molecule has 1 fully saturated rings. The average molecular weight is 245 g/mol. The summed E-state index contributed by atoms with van der Waals surface area (Å²) in [6, 6.07) is 2.49. The zero-order valence-corrected chi connectivity index (χ0v) is 9.24. The van der Waals surface area contributed by atoms with Gasteiger partial charge < -0.3 is 10.6 Å². The van der Waals surface area contributed by atoms with Gasteiger partial charge in [-0.25, -0.2) is 4.98 Å². The van der Waals surface area contributed by atoms with E-state index in [0.717, 1.165) is 31.3 Å². The predicted molar refractivity (Wildman–Crippen MR) is 58.6 cm³/mol. The van der Waals surface area contributed by atoms with Crippen LogP contribution in [0.1, 0.15) is 12.1 Å². The van der Waals surface area contributed by atoms with Crippen molar-refractivity contribution >= 4 is 5.69 Å². The van der Waals surface area contributed by atoms with E-state index in [2.05, 4.69) is 4.98 Å². The van der Waals surface area contributed by atoms with Gasteiger partial charge in [-0.2, -0.15) is 13.2 Å². The third-order valence-electron chi connectivity index (χ3n) is 3.02. The zero-order valence-electron chi connectivity index (χ0n) is 9.24. The summed E-state index contributed by atoms with van der Waals surface area (Å²) in [5, 5.41) is 0. The first-order valence-electron chi connectivity index (χ1n) is 5.49. The number of hydrogen-bond acceptors (Lipinski definition) is 3. The molecule has 0 radical (unpaired) electrons. The van der Waals surface area contributed by atoms with E-state index in [9.17, 15) is 13.2 Å². The summed E-state index contributed by atoms with van der Waals surface area (Å²) in [4.78, 5) is 5.47. The van der Waals surface area contributed by atoms with Crippen LogP contribution < -0.4 is 10.6 Å². The number of halogens is 3. The lowest BCUT2D eigenvalue weighted by molar-refractivity contribution is -0.141. The molecule has 2 N–H and O–H groups in total. The minimum absolute atomic E-state index is 0.428. The molecule has 17 heavy (non-hydrogen) atoms. The second-order valence-electron chi connectivity index (χ2n) is 4.24. The minimum atomic E-state index is -4.37. The molecule has 0 spiro atoms. The van der Waals surface area contributed by atoms with E-state index >= 15 is 0 Å². The molecule has 0 saturated carbocycles. The van der Waals surface area contributed by atoms with Crippen LogP contribution >= 0.6 is 0 Å². The molecule has 1 saturated heterocycles. The molecule has 1 unspecified atom stereocenters. The fourth-order valence-electron chi connectivity index (χ4n) is 2.00. The van der Waals surface area contributed by atoms with Crippen molar-refractivity contribution in [2.75, 3.05) is 24.5 Å². The van der Waals surface area contributed by atoms with Crippen molar-refractivity contribution in [3.05, 3.63) is 24.0 Å². The lowest BCUT2D eigenvalue weighted by Gasteiger charge is -2.18. The Morgan fingerprint density at radius 2 is 2.18 bits per heavy atom. The Bertz CT molecular complexity index is 375. The van der Waals surface area contributed by atoms with Crippen molar-refractivity contribution in [3.63, 3.8) is 0 Å². The Morgan fingerprint density at radius 3 is 2.65 bits per heavy atom. The molecule has 0 amide bonds. The lowest BCUT2D eigenvalue weighted by Crippen LogP contribution is -2.23. The third-order valence-corrected chi connectivity index (χ3v) is 3.02. The highest BCUT2D eigenvalue weighted by atomic mass is 19.4. The number of anilines is 1. The highest BCUT2D eigenvalue weighted by Crippen LogP contribution is 2.29. The standard InChI is InChI=1S/C11H14F3N3/c12-11(13,14)10-2-1-9(6-16-10)17-4-3-8(5-15)7-17/h1-2,6,8H,3-5,7,15H2. The Morgan fingerprint density at radius 1 is 1.41 bits per heavy atom. The molecular formula is C11H14F3N3. The molecule has 0 aromatic carbocycles. The van der Waals surface area contributed by atoms with Crippen molar-refractivity contribution < 1.29 is 13.2 Å². The Balaban J connectivity index is 2.09. The molecule has 0 bridgehead atoms. The van der Waals surface area contributed by atoms with E-state index < -0.39 is 11.9 Å². The maximum Gasteiger partial charge on any atom is 0.433 e. The number of rotatable bonds is 2. The van der Waals surface area contributed by atoms with Crippen LogP contribution in [-0.2, 0) is 6.18 Å². The molecule has 1 aromatic heterocycles. The second-order valence-corrected chi connectivity index (χ2v) is 4.24. The maximum atomic E-state index is 12.3. The Labute approximate surface area is 97.4 Å². The maximum absolute atomic E-state index is 12.3. The third kappa shape index (κ3) is 2.69. The number of nitrogens with zero attached hydrogens (tertiary/aromatic N) is 2. The van der Waals surface area contributed by atoms with Crippen LogP contribution in [0, 0.1) is 5.92 Å². The highest BCUT2D eigenvalue weighted by Gasteiger charge is 2.32. The smallest absolute Gasteiger partial charge is 0.370 e. The van der Waals surface area contributed by atoms with E-state index in [0.29, 0.717) is 12.5 Å². The van der Waals surface area contributed by atoms with Crippen LogP contribution in [0.3, 0.4) is 0 Å². The first kappa shape index (κ1) is 12.2. The van der Waals surface area contributed by atoms with Crippen LogP contribution in [0.15, 0.2) is 18.3 Å². The number of nitrogens with two attached hydrogens (primary N) is 1. The van der Waals surface area contributed by atoms with Gasteiger partial charge in [0, 0.05) is 13.1 Å². The van der Waals surface area contributed by atoms with Gasteiger partial charge in [0.1, 0.15) is 5.69 Å². The Hall–Kier alpha value is -1.30. The molecule has 1 aliphatic heterocycles. The van der Waals surface area contributed by atoms with Gasteiger partial charge in [0.15, 0.2) is 0 Å². The Kier molecular flexibility index (Phi) is 3.24. The van der Waals surface area contributed by atoms with Crippen molar-refractivity contribution in [1.82, 2.24) is 4.98 Å². The van der Waals surface area contributed by atoms with E-state index in [4.69, 9.17) is 5.73 Å². The number of pyridine rings is 1. The fraction of sp³-hybridized carbons (Fsp3) is 0.545. The van der Waals surface area contributed by atoms with Crippen molar-refractivity contribution in [2.45, 2.75) is 12.6 Å². The van der Waals surface area contributed by atoms with Crippen LogP contribution in [0.5, 0.6) is 0 Å². The lowest BCUT2D eigenvalue weighted by atomic mass is 10.1. The minimum Gasteiger partial charge on any atom is -0.370 e. The summed E-state index contributed by atoms with van der Waals surface area (Å²) < 4.78 is 37.0. The summed E-state index contributed by atoms with van der Waals surface area (Å²) in [7, 11) is 0. The quantitative estimate of drug-likeness (QED) is 0.865. The fourth-order valence-corrected chi connectivity index (χ4v) is 2.00. The molecular weight excluding hydrogens is 231 g/mol. The molecule has 1 aliphatic rings. The second kappa shape index (κ2) is 4.52. The van der Waals surface area contributed by atoms with Gasteiger partial charge in [-0.05, 0) is 31.0 Å². The SMILES string of the molecule is NCC1CCN(c2ccc(C(F)(F)F)nc2)C1. The molecule has 94 valence electrons. The van der Waals surface area contributed by atoms with Gasteiger partial charge >= 0.3 is 6.18 Å². The molecule has 6 heteroatoms. The van der Waals surface area contributed by atoms with Crippen molar-refractivity contribution in [2.24, 2.45) is 11.7 Å². The van der Waals surface area contributed by atoms with Gasteiger partial charge in [-0.1, -0.05) is 0 Å². The van der Waals surface area contributed by atoms with Crippen molar-refractivity contribution in [1.29, 1.82) is 0 Å². The van der Waals surface area contributed by atoms with Gasteiger partial charge in [0.2, 0.25) is 0 Å². The summed E-state index contributed by atoms with van der Waals surface area (Å²) in [5.74, 6) is 0.428. The van der Waals surface area contributed by atoms with Gasteiger partial charge in [-0.3, -0.25) is 0 Å². The summed E-state index contributed by atoms with van der Waals surface area (Å²) in [6.07, 6.45) is -2.11. The normalized spacial score (nSPS) is 20.9. The number of aromatic nitrogens is 1.